The average Bonchev–Trinajstić information content (AvgIpc) is 2.81. The average molecular weight is 397 g/mol. The Hall–Kier alpha value is -2.15. The van der Waals surface area contributed by atoms with E-state index in [0.29, 0.717) is 48.8 Å². The highest BCUT2D eigenvalue weighted by Gasteiger charge is 2.16. The topological polar surface area (TPSA) is 84.0 Å². The zero-order valence-corrected chi connectivity index (χ0v) is 17.2. The van der Waals surface area contributed by atoms with Gasteiger partial charge in [0.15, 0.2) is 17.5 Å². The number of hydrogen-bond donors (Lipinski definition) is 3. The van der Waals surface area contributed by atoms with E-state index in [4.69, 9.17) is 21.1 Å². The number of nitrogens with one attached hydrogen (secondary N) is 3. The Bertz CT molecular complexity index is 686. The van der Waals surface area contributed by atoms with E-state index >= 15 is 0 Å². The number of rotatable bonds is 5. The van der Waals surface area contributed by atoms with Crippen LogP contribution in [0.5, 0.6) is 11.5 Å². The second-order valence-electron chi connectivity index (χ2n) is 7.30. The molecule has 0 spiro atoms. The normalized spacial score (nSPS) is 14.3. The molecule has 2 rings (SSSR count). The van der Waals surface area contributed by atoms with E-state index in [1.165, 1.54) is 0 Å². The van der Waals surface area contributed by atoms with Crippen LogP contribution in [0.1, 0.15) is 39.7 Å². The molecule has 7 nitrogen and oxygen atoms in total. The summed E-state index contributed by atoms with van der Waals surface area (Å²) in [5.41, 5.74) is 0.634. The zero-order chi connectivity index (χ0) is 19.9. The predicted octanol–water partition coefficient (Wildman–Crippen LogP) is 2.47. The first-order valence-electron chi connectivity index (χ1n) is 9.19. The standard InChI is InChI=1S/C19H29ClN4O3/c1-5-21-18(23-12-16(25)24-19(2,3)4)22-11-13-9-14(20)17-15(10-13)26-7-6-8-27-17/h9-10H,5-8,11-12H2,1-4H3,(H,24,25)(H2,21,22,23). The van der Waals surface area contributed by atoms with Gasteiger partial charge < -0.3 is 25.4 Å². The number of carbonyl (C=O) groups excluding carboxylic acids is 1. The molecule has 1 heterocycles. The summed E-state index contributed by atoms with van der Waals surface area (Å²) in [7, 11) is 0. The van der Waals surface area contributed by atoms with Crippen molar-refractivity contribution in [1.82, 2.24) is 16.0 Å². The smallest absolute Gasteiger partial charge is 0.239 e. The molecule has 0 aliphatic carbocycles. The van der Waals surface area contributed by atoms with Crippen LogP contribution < -0.4 is 25.4 Å². The number of amides is 1. The molecule has 1 aromatic carbocycles. The van der Waals surface area contributed by atoms with Gasteiger partial charge in [0, 0.05) is 18.5 Å². The zero-order valence-electron chi connectivity index (χ0n) is 16.4. The largest absolute Gasteiger partial charge is 0.489 e. The van der Waals surface area contributed by atoms with Crippen molar-refractivity contribution in [3.63, 3.8) is 0 Å². The first-order valence-corrected chi connectivity index (χ1v) is 9.57. The number of carbonyl (C=O) groups is 1. The van der Waals surface area contributed by atoms with Gasteiger partial charge in [0.25, 0.3) is 0 Å². The minimum absolute atomic E-state index is 0.0910. The maximum atomic E-state index is 12.0. The van der Waals surface area contributed by atoms with E-state index in [0.717, 1.165) is 12.0 Å². The van der Waals surface area contributed by atoms with Crippen molar-refractivity contribution in [2.24, 2.45) is 4.99 Å². The van der Waals surface area contributed by atoms with Crippen molar-refractivity contribution < 1.29 is 14.3 Å². The fraction of sp³-hybridized carbons (Fsp3) is 0.579. The molecular weight excluding hydrogens is 368 g/mol. The second-order valence-corrected chi connectivity index (χ2v) is 7.71. The van der Waals surface area contributed by atoms with Crippen LogP contribution in [0.15, 0.2) is 17.1 Å². The van der Waals surface area contributed by atoms with E-state index in [2.05, 4.69) is 20.9 Å². The summed E-state index contributed by atoms with van der Waals surface area (Å²) >= 11 is 6.32. The molecule has 8 heteroatoms. The lowest BCUT2D eigenvalue weighted by atomic mass is 10.1. The molecule has 150 valence electrons. The predicted molar refractivity (Wildman–Crippen MR) is 108 cm³/mol. The SMILES string of the molecule is CCNC(=NCc1cc(Cl)c2c(c1)OCCCO2)NCC(=O)NC(C)(C)C. The Labute approximate surface area is 165 Å². The molecule has 0 saturated heterocycles. The Balaban J connectivity index is 2.02. The molecular formula is C19H29ClN4O3. The molecule has 0 atom stereocenters. The van der Waals surface area contributed by atoms with Crippen LogP contribution >= 0.6 is 11.6 Å². The maximum Gasteiger partial charge on any atom is 0.239 e. The van der Waals surface area contributed by atoms with Crippen LogP contribution in [0.4, 0.5) is 0 Å². The maximum absolute atomic E-state index is 12.0. The lowest BCUT2D eigenvalue weighted by Crippen LogP contribution is -2.48. The van der Waals surface area contributed by atoms with E-state index in [-0.39, 0.29) is 18.0 Å². The van der Waals surface area contributed by atoms with Crippen LogP contribution in [-0.4, -0.2) is 43.7 Å². The van der Waals surface area contributed by atoms with E-state index < -0.39 is 0 Å². The highest BCUT2D eigenvalue weighted by molar-refractivity contribution is 6.32. The minimum Gasteiger partial charge on any atom is -0.489 e. The number of guanidine groups is 1. The summed E-state index contributed by atoms with van der Waals surface area (Å²) in [5.74, 6) is 1.70. The van der Waals surface area contributed by atoms with Crippen LogP contribution in [0.3, 0.4) is 0 Å². The molecule has 27 heavy (non-hydrogen) atoms. The number of benzene rings is 1. The quantitative estimate of drug-likeness (QED) is 0.526. The van der Waals surface area contributed by atoms with Crippen molar-refractivity contribution >= 4 is 23.5 Å². The fourth-order valence-corrected chi connectivity index (χ4v) is 2.80. The highest BCUT2D eigenvalue weighted by Crippen LogP contribution is 2.38. The first kappa shape index (κ1) is 21.2. The third-order valence-corrected chi connectivity index (χ3v) is 3.84. The van der Waals surface area contributed by atoms with Crippen molar-refractivity contribution in [2.45, 2.75) is 46.2 Å². The Morgan fingerprint density at radius 2 is 1.96 bits per heavy atom. The van der Waals surface area contributed by atoms with Crippen LogP contribution in [0, 0.1) is 0 Å². The summed E-state index contributed by atoms with van der Waals surface area (Å²) in [4.78, 5) is 16.5. The van der Waals surface area contributed by atoms with Gasteiger partial charge >= 0.3 is 0 Å². The molecule has 0 aromatic heterocycles. The molecule has 1 aliphatic rings. The molecule has 1 aromatic rings. The lowest BCUT2D eigenvalue weighted by Gasteiger charge is -2.21. The van der Waals surface area contributed by atoms with Gasteiger partial charge in [-0.25, -0.2) is 4.99 Å². The Morgan fingerprint density at radius 1 is 1.22 bits per heavy atom. The fourth-order valence-electron chi connectivity index (χ4n) is 2.51. The number of aliphatic imine (C=N–C) groups is 1. The van der Waals surface area contributed by atoms with Crippen LogP contribution in [-0.2, 0) is 11.3 Å². The monoisotopic (exact) mass is 396 g/mol. The summed E-state index contributed by atoms with van der Waals surface area (Å²) in [6, 6.07) is 3.72. The second kappa shape index (κ2) is 9.69. The van der Waals surface area contributed by atoms with Crippen molar-refractivity contribution in [1.29, 1.82) is 0 Å². The van der Waals surface area contributed by atoms with Gasteiger partial charge in [-0.15, -0.1) is 0 Å². The molecule has 1 amide bonds. The van der Waals surface area contributed by atoms with Gasteiger partial charge in [0.2, 0.25) is 5.91 Å². The molecule has 0 radical (unpaired) electrons. The number of halogens is 1. The summed E-state index contributed by atoms with van der Waals surface area (Å²) in [6.07, 6.45) is 0.823. The third kappa shape index (κ3) is 7.17. The number of fused-ring (bicyclic) bond motifs is 1. The highest BCUT2D eigenvalue weighted by atomic mass is 35.5. The third-order valence-electron chi connectivity index (χ3n) is 3.56. The van der Waals surface area contributed by atoms with Crippen molar-refractivity contribution in [3.8, 4) is 11.5 Å². The van der Waals surface area contributed by atoms with Gasteiger partial charge in [0.1, 0.15) is 0 Å². The summed E-state index contributed by atoms with van der Waals surface area (Å²) in [6.45, 7) is 10.2. The Kier molecular flexibility index (Phi) is 7.59. The van der Waals surface area contributed by atoms with Gasteiger partial charge in [0.05, 0.1) is 31.3 Å². The first-order chi connectivity index (χ1) is 12.8. The minimum atomic E-state index is -0.269. The number of hydrogen-bond acceptors (Lipinski definition) is 4. The Morgan fingerprint density at radius 3 is 2.67 bits per heavy atom. The van der Waals surface area contributed by atoms with Gasteiger partial charge in [-0.2, -0.15) is 0 Å². The molecule has 0 fully saturated rings. The summed E-state index contributed by atoms with van der Waals surface area (Å²) in [5, 5.41) is 9.59. The van der Waals surface area contributed by atoms with Gasteiger partial charge in [-0.05, 0) is 45.4 Å². The molecule has 1 aliphatic heterocycles. The van der Waals surface area contributed by atoms with Crippen LogP contribution in [0.2, 0.25) is 5.02 Å². The number of nitrogens with zero attached hydrogens (tertiary/aromatic N) is 1. The van der Waals surface area contributed by atoms with Crippen molar-refractivity contribution in [3.05, 3.63) is 22.7 Å². The van der Waals surface area contributed by atoms with Gasteiger partial charge in [-0.3, -0.25) is 4.79 Å². The van der Waals surface area contributed by atoms with E-state index in [1.54, 1.807) is 0 Å². The molecule has 3 N–H and O–H groups in total. The van der Waals surface area contributed by atoms with E-state index in [9.17, 15) is 4.79 Å². The molecule has 0 unspecified atom stereocenters. The lowest BCUT2D eigenvalue weighted by molar-refractivity contribution is -0.121. The summed E-state index contributed by atoms with van der Waals surface area (Å²) < 4.78 is 11.3. The molecule has 0 bridgehead atoms. The van der Waals surface area contributed by atoms with E-state index in [1.807, 2.05) is 39.8 Å². The molecule has 0 saturated carbocycles. The number of ether oxygens (including phenoxy) is 2. The van der Waals surface area contributed by atoms with Gasteiger partial charge in [-0.1, -0.05) is 11.6 Å². The van der Waals surface area contributed by atoms with Crippen molar-refractivity contribution in [2.75, 3.05) is 26.3 Å². The van der Waals surface area contributed by atoms with Crippen LogP contribution in [0.25, 0.3) is 0 Å².